The average molecular weight is 484 g/mol. The van der Waals surface area contributed by atoms with Gasteiger partial charge in [0, 0.05) is 25.1 Å². The number of hydrogen-bond donors (Lipinski definition) is 0. The molecule has 1 heterocycles. The van der Waals surface area contributed by atoms with Crippen molar-refractivity contribution in [2.75, 3.05) is 19.6 Å². The molecule has 0 spiro atoms. The van der Waals surface area contributed by atoms with Crippen LogP contribution in [-0.4, -0.2) is 36.4 Å². The van der Waals surface area contributed by atoms with E-state index in [0.717, 1.165) is 44.5 Å². The van der Waals surface area contributed by atoms with Gasteiger partial charge in [-0.2, -0.15) is 0 Å². The molecule has 36 heavy (non-hydrogen) atoms. The van der Waals surface area contributed by atoms with Gasteiger partial charge < -0.3 is 9.64 Å². The minimum atomic E-state index is -0.0364. The summed E-state index contributed by atoms with van der Waals surface area (Å²) in [6.45, 7) is 11.7. The Hall–Kier alpha value is -2.75. The molecule has 0 unspecified atom stereocenters. The first kappa shape index (κ1) is 26.3. The molecule has 190 valence electrons. The van der Waals surface area contributed by atoms with Crippen molar-refractivity contribution < 1.29 is 9.53 Å². The monoisotopic (exact) mass is 483 g/mol. The molecule has 3 aromatic rings. The van der Waals surface area contributed by atoms with Crippen LogP contribution in [0.1, 0.15) is 85.2 Å². The predicted molar refractivity (Wildman–Crippen MR) is 149 cm³/mol. The second kappa shape index (κ2) is 12.0. The van der Waals surface area contributed by atoms with Crippen molar-refractivity contribution in [3.8, 4) is 0 Å². The Morgan fingerprint density at radius 2 is 1.50 bits per heavy atom. The van der Waals surface area contributed by atoms with Crippen molar-refractivity contribution in [2.45, 2.75) is 71.0 Å². The van der Waals surface area contributed by atoms with Crippen LogP contribution in [-0.2, 0) is 10.2 Å². The summed E-state index contributed by atoms with van der Waals surface area (Å²) in [7, 11) is 0. The van der Waals surface area contributed by atoms with Crippen molar-refractivity contribution in [1.29, 1.82) is 0 Å². The van der Waals surface area contributed by atoms with E-state index in [4.69, 9.17) is 4.74 Å². The van der Waals surface area contributed by atoms with Crippen molar-refractivity contribution in [2.24, 2.45) is 0 Å². The fraction of sp³-hybridized carbons (Fsp3) is 0.424. The molecule has 4 rings (SSSR count). The third kappa shape index (κ3) is 7.15. The van der Waals surface area contributed by atoms with Crippen LogP contribution in [0.5, 0.6) is 0 Å². The first-order valence-electron chi connectivity index (χ1n) is 13.4. The second-order valence-corrected chi connectivity index (χ2v) is 11.2. The molecule has 1 saturated heterocycles. The maximum absolute atomic E-state index is 12.7. The number of hydrogen-bond acceptors (Lipinski definition) is 3. The highest BCUT2D eigenvalue weighted by atomic mass is 16.5. The van der Waals surface area contributed by atoms with Gasteiger partial charge in [0.1, 0.15) is 6.10 Å². The lowest BCUT2D eigenvalue weighted by molar-refractivity contribution is -0.0270. The van der Waals surface area contributed by atoms with Crippen LogP contribution in [0.15, 0.2) is 78.9 Å². The maximum Gasteiger partial charge on any atom is 0.162 e. The van der Waals surface area contributed by atoms with Crippen LogP contribution in [0.2, 0.25) is 0 Å². The summed E-state index contributed by atoms with van der Waals surface area (Å²) in [4.78, 5) is 15.2. The third-order valence-corrected chi connectivity index (χ3v) is 7.30. The Kier molecular flexibility index (Phi) is 8.77. The molecule has 0 bridgehead atoms. The van der Waals surface area contributed by atoms with Gasteiger partial charge in [0.05, 0.1) is 6.10 Å². The van der Waals surface area contributed by atoms with E-state index in [0.29, 0.717) is 6.42 Å². The van der Waals surface area contributed by atoms with Gasteiger partial charge in [-0.1, -0.05) is 105 Å². The van der Waals surface area contributed by atoms with E-state index in [1.54, 1.807) is 0 Å². The molecule has 0 aliphatic carbocycles. The standard InChI is InChI=1S/C33H41NO2/c1-25-12-14-28(15-13-25)32(27-9-6-5-7-10-27)36-30-20-23-34(24-21-30)22-8-11-31(35)26-16-18-29(19-17-26)33(2,3)4/h5-7,9-10,12-19,30,32H,8,11,20-24H2,1-4H3/t32-/m0/s1. The van der Waals surface area contributed by atoms with Gasteiger partial charge in [0.15, 0.2) is 5.78 Å². The number of nitrogens with zero attached hydrogens (tertiary/aromatic N) is 1. The third-order valence-electron chi connectivity index (χ3n) is 7.30. The Morgan fingerprint density at radius 3 is 2.11 bits per heavy atom. The molecule has 1 aliphatic heterocycles. The Morgan fingerprint density at radius 1 is 0.889 bits per heavy atom. The first-order valence-corrected chi connectivity index (χ1v) is 13.4. The summed E-state index contributed by atoms with van der Waals surface area (Å²) in [6, 6.07) is 27.4. The van der Waals surface area contributed by atoms with Gasteiger partial charge >= 0.3 is 0 Å². The molecular formula is C33H41NO2. The number of rotatable bonds is 9. The highest BCUT2D eigenvalue weighted by molar-refractivity contribution is 5.96. The number of piperidine rings is 1. The van der Waals surface area contributed by atoms with Crippen molar-refractivity contribution in [3.63, 3.8) is 0 Å². The normalized spacial score (nSPS) is 16.1. The van der Waals surface area contributed by atoms with E-state index in [-0.39, 0.29) is 23.4 Å². The van der Waals surface area contributed by atoms with Crippen molar-refractivity contribution >= 4 is 5.78 Å². The second-order valence-electron chi connectivity index (χ2n) is 11.2. The maximum atomic E-state index is 12.7. The van der Waals surface area contributed by atoms with Gasteiger partial charge in [-0.05, 0) is 54.8 Å². The average Bonchev–Trinajstić information content (AvgIpc) is 2.89. The molecule has 1 aliphatic rings. The summed E-state index contributed by atoms with van der Waals surface area (Å²) < 4.78 is 6.70. The number of aryl methyl sites for hydroxylation is 1. The van der Waals surface area contributed by atoms with Gasteiger partial charge in [-0.3, -0.25) is 4.79 Å². The highest BCUT2D eigenvalue weighted by Gasteiger charge is 2.25. The Labute approximate surface area is 217 Å². The van der Waals surface area contributed by atoms with E-state index in [1.165, 1.54) is 22.3 Å². The van der Waals surface area contributed by atoms with Crippen LogP contribution in [0.3, 0.4) is 0 Å². The number of ether oxygens (including phenoxy) is 1. The number of carbonyl (C=O) groups excluding carboxylic acids is 1. The molecule has 3 heteroatoms. The van der Waals surface area contributed by atoms with Gasteiger partial charge in [-0.15, -0.1) is 0 Å². The topological polar surface area (TPSA) is 29.5 Å². The zero-order valence-electron chi connectivity index (χ0n) is 22.4. The number of likely N-dealkylation sites (tertiary alicyclic amines) is 1. The fourth-order valence-electron chi connectivity index (χ4n) is 4.94. The minimum Gasteiger partial charge on any atom is -0.365 e. The number of ketones is 1. The van der Waals surface area contributed by atoms with Crippen molar-refractivity contribution in [3.05, 3.63) is 107 Å². The highest BCUT2D eigenvalue weighted by Crippen LogP contribution is 2.30. The van der Waals surface area contributed by atoms with Gasteiger partial charge in [-0.25, -0.2) is 0 Å². The lowest BCUT2D eigenvalue weighted by atomic mass is 9.86. The minimum absolute atomic E-state index is 0.0364. The summed E-state index contributed by atoms with van der Waals surface area (Å²) >= 11 is 0. The largest absolute Gasteiger partial charge is 0.365 e. The predicted octanol–water partition coefficient (Wildman–Crippen LogP) is 7.53. The summed E-state index contributed by atoms with van der Waals surface area (Å²) in [5, 5.41) is 0. The SMILES string of the molecule is Cc1ccc([C@@H](OC2CCN(CCCC(=O)c3ccc(C(C)(C)C)cc3)CC2)c2ccccc2)cc1. The molecule has 0 amide bonds. The number of benzene rings is 3. The zero-order valence-corrected chi connectivity index (χ0v) is 22.4. The Balaban J connectivity index is 1.25. The summed E-state index contributed by atoms with van der Waals surface area (Å²) in [5.74, 6) is 0.248. The summed E-state index contributed by atoms with van der Waals surface area (Å²) in [5.41, 5.74) is 5.89. The lowest BCUT2D eigenvalue weighted by Gasteiger charge is -2.34. The van der Waals surface area contributed by atoms with E-state index >= 15 is 0 Å². The molecule has 3 nitrogen and oxygen atoms in total. The van der Waals surface area contributed by atoms with Crippen LogP contribution in [0.25, 0.3) is 0 Å². The number of Topliss-reactive ketones (excluding diaryl/α,β-unsaturated/α-hetero) is 1. The molecule has 0 N–H and O–H groups in total. The van der Waals surface area contributed by atoms with Gasteiger partial charge in [0.25, 0.3) is 0 Å². The Bertz CT molecular complexity index is 1090. The molecule has 1 fully saturated rings. The first-order chi connectivity index (χ1) is 17.3. The van der Waals surface area contributed by atoms with E-state index in [2.05, 4.69) is 99.3 Å². The molecule has 1 atom stereocenters. The summed E-state index contributed by atoms with van der Waals surface area (Å²) in [6.07, 6.45) is 3.77. The van der Waals surface area contributed by atoms with E-state index in [1.807, 2.05) is 12.1 Å². The smallest absolute Gasteiger partial charge is 0.162 e. The number of carbonyl (C=O) groups is 1. The van der Waals surface area contributed by atoms with Crippen LogP contribution in [0, 0.1) is 6.92 Å². The van der Waals surface area contributed by atoms with Crippen LogP contribution in [0.4, 0.5) is 0 Å². The lowest BCUT2D eigenvalue weighted by Crippen LogP contribution is -2.38. The van der Waals surface area contributed by atoms with Crippen molar-refractivity contribution in [1.82, 2.24) is 4.90 Å². The molecule has 0 saturated carbocycles. The molecule has 0 aromatic heterocycles. The van der Waals surface area contributed by atoms with E-state index < -0.39 is 0 Å². The fourth-order valence-corrected chi connectivity index (χ4v) is 4.94. The van der Waals surface area contributed by atoms with Crippen LogP contribution < -0.4 is 0 Å². The zero-order chi connectivity index (χ0) is 25.5. The molecule has 3 aromatic carbocycles. The quantitative estimate of drug-likeness (QED) is 0.295. The molecular weight excluding hydrogens is 442 g/mol. The molecule has 0 radical (unpaired) electrons. The van der Waals surface area contributed by atoms with Gasteiger partial charge in [0.2, 0.25) is 0 Å². The van der Waals surface area contributed by atoms with E-state index in [9.17, 15) is 4.79 Å². The van der Waals surface area contributed by atoms with Crippen LogP contribution >= 0.6 is 0 Å².